The maximum absolute atomic E-state index is 13.0. The van der Waals surface area contributed by atoms with E-state index >= 15 is 0 Å². The molecule has 0 bridgehead atoms. The second-order valence-electron chi connectivity index (χ2n) is 8.17. The predicted octanol–water partition coefficient (Wildman–Crippen LogP) is -1.99. The van der Waals surface area contributed by atoms with E-state index in [2.05, 4.69) is 16.0 Å². The van der Waals surface area contributed by atoms with Crippen LogP contribution in [-0.2, 0) is 30.4 Å². The molecule has 0 aromatic heterocycles. The summed E-state index contributed by atoms with van der Waals surface area (Å²) in [6, 6.07) is 3.78. The average Bonchev–Trinajstić information content (AvgIpc) is 2.78. The quantitative estimate of drug-likeness (QED) is 0.158. The normalized spacial score (nSPS) is 14.4. The molecule has 12 heteroatoms. The van der Waals surface area contributed by atoms with Gasteiger partial charge in [-0.25, -0.2) is 4.79 Å². The van der Waals surface area contributed by atoms with Gasteiger partial charge in [0.25, 0.3) is 0 Å². The van der Waals surface area contributed by atoms with E-state index < -0.39 is 66.3 Å². The average molecular weight is 480 g/mol. The molecule has 4 unspecified atom stereocenters. The lowest BCUT2D eigenvalue weighted by Gasteiger charge is -2.25. The minimum absolute atomic E-state index is 0.0196. The van der Waals surface area contributed by atoms with E-state index in [0.717, 1.165) is 0 Å². The molecule has 1 aromatic carbocycles. The zero-order chi connectivity index (χ0) is 25.8. The van der Waals surface area contributed by atoms with Gasteiger partial charge in [0.2, 0.25) is 23.6 Å². The molecule has 0 saturated carbocycles. The van der Waals surface area contributed by atoms with Crippen molar-refractivity contribution in [2.75, 3.05) is 6.61 Å². The Kier molecular flexibility index (Phi) is 11.7. The minimum Gasteiger partial charge on any atom is -0.480 e. The SMILES string of the molecule is CC(C)C(NC(=O)C(CO)NC(=O)C(Cc1ccccc1)NC(=O)C(N)CCC(N)=O)C(=O)O. The number of carbonyl (C=O) groups excluding carboxylic acids is 4. The molecule has 0 saturated heterocycles. The highest BCUT2D eigenvalue weighted by Gasteiger charge is 2.31. The molecule has 0 spiro atoms. The number of hydrogen-bond acceptors (Lipinski definition) is 7. The molecule has 1 aromatic rings. The van der Waals surface area contributed by atoms with Crippen LogP contribution in [0.2, 0.25) is 0 Å². The van der Waals surface area contributed by atoms with Crippen LogP contribution in [0.15, 0.2) is 30.3 Å². The van der Waals surface area contributed by atoms with Crippen molar-refractivity contribution >= 4 is 29.6 Å². The largest absolute Gasteiger partial charge is 0.480 e. The van der Waals surface area contributed by atoms with Crippen molar-refractivity contribution in [1.29, 1.82) is 0 Å². The Morgan fingerprint density at radius 1 is 0.912 bits per heavy atom. The number of aliphatic hydroxyl groups is 1. The Morgan fingerprint density at radius 3 is 1.97 bits per heavy atom. The number of rotatable bonds is 14. The first-order valence-corrected chi connectivity index (χ1v) is 10.8. The second-order valence-corrected chi connectivity index (χ2v) is 8.17. The number of carboxylic acids is 1. The van der Waals surface area contributed by atoms with Gasteiger partial charge in [-0.3, -0.25) is 19.2 Å². The third-order valence-electron chi connectivity index (χ3n) is 5.00. The Hall–Kier alpha value is -3.51. The van der Waals surface area contributed by atoms with Crippen LogP contribution in [0.3, 0.4) is 0 Å². The lowest BCUT2D eigenvalue weighted by atomic mass is 10.0. The lowest BCUT2D eigenvalue weighted by Crippen LogP contribution is -2.59. The summed E-state index contributed by atoms with van der Waals surface area (Å²) < 4.78 is 0. The van der Waals surface area contributed by atoms with Crippen LogP contribution >= 0.6 is 0 Å². The first-order chi connectivity index (χ1) is 16.0. The molecule has 0 aliphatic heterocycles. The molecule has 0 fully saturated rings. The summed E-state index contributed by atoms with van der Waals surface area (Å²) >= 11 is 0. The number of aliphatic carboxylic acids is 1. The number of benzene rings is 1. The van der Waals surface area contributed by atoms with Gasteiger partial charge in [-0.15, -0.1) is 0 Å². The fraction of sp³-hybridized carbons (Fsp3) is 0.500. The molecule has 0 aliphatic rings. The van der Waals surface area contributed by atoms with Crippen LogP contribution in [0.4, 0.5) is 0 Å². The standard InChI is InChI=1S/C22H33N5O7/c1-12(2)18(22(33)34)27-21(32)16(11-28)26-20(31)15(10-13-6-4-3-5-7-13)25-19(30)14(23)8-9-17(24)29/h3-7,12,14-16,18,28H,8-11,23H2,1-2H3,(H2,24,29)(H,25,30)(H,26,31)(H,27,32)(H,33,34). The van der Waals surface area contributed by atoms with Crippen molar-refractivity contribution in [3.05, 3.63) is 35.9 Å². The summed E-state index contributed by atoms with van der Waals surface area (Å²) in [6.45, 7) is 2.39. The summed E-state index contributed by atoms with van der Waals surface area (Å²) in [4.78, 5) is 60.2. The van der Waals surface area contributed by atoms with E-state index in [1.165, 1.54) is 0 Å². The third-order valence-corrected chi connectivity index (χ3v) is 5.00. The molecule has 4 amide bonds. The second kappa shape index (κ2) is 13.9. The number of amides is 4. The van der Waals surface area contributed by atoms with Gasteiger partial charge in [0.05, 0.1) is 12.6 Å². The molecule has 9 N–H and O–H groups in total. The summed E-state index contributed by atoms with van der Waals surface area (Å²) in [7, 11) is 0. The fourth-order valence-electron chi connectivity index (χ4n) is 3.00. The zero-order valence-corrected chi connectivity index (χ0v) is 19.2. The molecule has 188 valence electrons. The van der Waals surface area contributed by atoms with Gasteiger partial charge in [-0.2, -0.15) is 0 Å². The van der Waals surface area contributed by atoms with Crippen molar-refractivity contribution < 1.29 is 34.2 Å². The van der Waals surface area contributed by atoms with Gasteiger partial charge >= 0.3 is 5.97 Å². The fourth-order valence-corrected chi connectivity index (χ4v) is 3.00. The van der Waals surface area contributed by atoms with Gasteiger partial charge in [0.15, 0.2) is 0 Å². The Labute approximate surface area is 197 Å². The van der Waals surface area contributed by atoms with Gasteiger partial charge in [-0.05, 0) is 17.9 Å². The van der Waals surface area contributed by atoms with Crippen molar-refractivity contribution in [3.63, 3.8) is 0 Å². The summed E-state index contributed by atoms with van der Waals surface area (Å²) in [5.41, 5.74) is 11.6. The lowest BCUT2D eigenvalue weighted by molar-refractivity contribution is -0.143. The van der Waals surface area contributed by atoms with Crippen molar-refractivity contribution in [2.45, 2.75) is 57.3 Å². The molecular formula is C22H33N5O7. The summed E-state index contributed by atoms with van der Waals surface area (Å²) in [6.07, 6.45) is -0.0871. The minimum atomic E-state index is -1.45. The van der Waals surface area contributed by atoms with Crippen LogP contribution in [-0.4, -0.2) is 70.6 Å². The number of nitrogens with two attached hydrogens (primary N) is 2. The van der Waals surface area contributed by atoms with Gasteiger partial charge in [-0.1, -0.05) is 44.2 Å². The molecular weight excluding hydrogens is 446 g/mol. The highest BCUT2D eigenvalue weighted by molar-refractivity contribution is 5.94. The highest BCUT2D eigenvalue weighted by atomic mass is 16.4. The molecule has 34 heavy (non-hydrogen) atoms. The van der Waals surface area contributed by atoms with Gasteiger partial charge in [0, 0.05) is 12.8 Å². The number of hydrogen-bond donors (Lipinski definition) is 7. The van der Waals surface area contributed by atoms with Crippen LogP contribution in [0.1, 0.15) is 32.3 Å². The van der Waals surface area contributed by atoms with E-state index in [4.69, 9.17) is 11.5 Å². The van der Waals surface area contributed by atoms with Crippen LogP contribution < -0.4 is 27.4 Å². The molecule has 12 nitrogen and oxygen atoms in total. The van der Waals surface area contributed by atoms with E-state index in [0.29, 0.717) is 5.56 Å². The number of carboxylic acid groups (broad SMARTS) is 1. The molecule has 4 atom stereocenters. The molecule has 1 rings (SSSR count). The van der Waals surface area contributed by atoms with Crippen molar-refractivity contribution in [3.8, 4) is 0 Å². The zero-order valence-electron chi connectivity index (χ0n) is 19.2. The topological polar surface area (TPSA) is 214 Å². The van der Waals surface area contributed by atoms with Gasteiger partial charge < -0.3 is 37.6 Å². The molecule has 0 heterocycles. The van der Waals surface area contributed by atoms with Crippen molar-refractivity contribution in [2.24, 2.45) is 17.4 Å². The van der Waals surface area contributed by atoms with E-state index in [1.807, 2.05) is 0 Å². The third kappa shape index (κ3) is 9.55. The number of nitrogens with one attached hydrogen (secondary N) is 3. The van der Waals surface area contributed by atoms with Crippen LogP contribution in [0.25, 0.3) is 0 Å². The predicted molar refractivity (Wildman–Crippen MR) is 122 cm³/mol. The van der Waals surface area contributed by atoms with Crippen molar-refractivity contribution in [1.82, 2.24) is 16.0 Å². The van der Waals surface area contributed by atoms with Crippen LogP contribution in [0, 0.1) is 5.92 Å². The van der Waals surface area contributed by atoms with E-state index in [1.54, 1.807) is 44.2 Å². The first kappa shape index (κ1) is 28.5. The van der Waals surface area contributed by atoms with Gasteiger partial charge in [0.1, 0.15) is 18.1 Å². The first-order valence-electron chi connectivity index (χ1n) is 10.8. The summed E-state index contributed by atoms with van der Waals surface area (Å²) in [5.74, 6) is -4.70. The molecule has 0 aliphatic carbocycles. The number of carbonyl (C=O) groups is 5. The highest BCUT2D eigenvalue weighted by Crippen LogP contribution is 2.06. The monoisotopic (exact) mass is 479 g/mol. The van der Waals surface area contributed by atoms with E-state index in [9.17, 15) is 34.2 Å². The number of aliphatic hydroxyl groups excluding tert-OH is 1. The Morgan fingerprint density at radius 2 is 1.47 bits per heavy atom. The maximum atomic E-state index is 13.0. The summed E-state index contributed by atoms with van der Waals surface area (Å²) in [5, 5.41) is 26.0. The smallest absolute Gasteiger partial charge is 0.326 e. The Bertz CT molecular complexity index is 862. The maximum Gasteiger partial charge on any atom is 0.326 e. The Balaban J connectivity index is 2.97. The molecule has 0 radical (unpaired) electrons. The van der Waals surface area contributed by atoms with E-state index in [-0.39, 0.29) is 19.3 Å². The number of primary amides is 1. The van der Waals surface area contributed by atoms with Crippen LogP contribution in [0.5, 0.6) is 0 Å².